The maximum absolute atomic E-state index is 12.0. The number of ether oxygens (including phenoxy) is 2. The predicted molar refractivity (Wildman–Crippen MR) is 122 cm³/mol. The first-order valence-electron chi connectivity index (χ1n) is 9.68. The number of benzene rings is 2. The Morgan fingerprint density at radius 2 is 1.82 bits per heavy atom. The van der Waals surface area contributed by atoms with Crippen LogP contribution in [0.25, 0.3) is 6.08 Å². The number of hydrazine groups is 1. The molecule has 33 heavy (non-hydrogen) atoms. The fraction of sp³-hybridized carbons (Fsp3) is 0.136. The van der Waals surface area contributed by atoms with Crippen molar-refractivity contribution in [3.63, 3.8) is 0 Å². The van der Waals surface area contributed by atoms with Crippen molar-refractivity contribution in [3.05, 3.63) is 86.4 Å². The third-order valence-corrected chi connectivity index (χ3v) is 4.94. The SMILES string of the molecule is Cc1nc(COc2ccccc2/C=C/C(=O)NNC(=O)COc2ccccc2[N+](=O)[O-])cs1. The Kier molecular flexibility index (Phi) is 8.08. The molecule has 11 heteroatoms. The number of carbonyl (C=O) groups is 2. The Morgan fingerprint density at radius 1 is 1.09 bits per heavy atom. The lowest BCUT2D eigenvalue weighted by molar-refractivity contribution is -0.385. The summed E-state index contributed by atoms with van der Waals surface area (Å²) in [5, 5.41) is 13.8. The number of nitro benzene ring substituents is 1. The number of hydrogen-bond donors (Lipinski definition) is 2. The first-order valence-corrected chi connectivity index (χ1v) is 10.6. The zero-order valence-electron chi connectivity index (χ0n) is 17.5. The van der Waals surface area contributed by atoms with E-state index >= 15 is 0 Å². The summed E-state index contributed by atoms with van der Waals surface area (Å²) in [4.78, 5) is 38.6. The summed E-state index contributed by atoms with van der Waals surface area (Å²) in [6.45, 7) is 1.71. The van der Waals surface area contributed by atoms with Gasteiger partial charge < -0.3 is 9.47 Å². The molecule has 10 nitrogen and oxygen atoms in total. The second-order valence-corrected chi connectivity index (χ2v) is 7.63. The summed E-state index contributed by atoms with van der Waals surface area (Å²) in [6, 6.07) is 12.9. The third kappa shape index (κ3) is 7.14. The summed E-state index contributed by atoms with van der Waals surface area (Å²) in [5.74, 6) is -0.737. The van der Waals surface area contributed by atoms with Crippen LogP contribution < -0.4 is 20.3 Å². The van der Waals surface area contributed by atoms with Crippen molar-refractivity contribution in [1.29, 1.82) is 0 Å². The highest BCUT2D eigenvalue weighted by Crippen LogP contribution is 2.25. The third-order valence-electron chi connectivity index (χ3n) is 4.12. The number of nitrogens with zero attached hydrogens (tertiary/aromatic N) is 2. The second kappa shape index (κ2) is 11.4. The van der Waals surface area contributed by atoms with E-state index in [2.05, 4.69) is 15.8 Å². The van der Waals surface area contributed by atoms with Crippen LogP contribution in [0.1, 0.15) is 16.3 Å². The lowest BCUT2D eigenvalue weighted by Crippen LogP contribution is -2.43. The van der Waals surface area contributed by atoms with E-state index in [-0.39, 0.29) is 11.4 Å². The molecule has 0 radical (unpaired) electrons. The zero-order chi connectivity index (χ0) is 23.6. The summed E-state index contributed by atoms with van der Waals surface area (Å²) in [6.07, 6.45) is 2.78. The van der Waals surface area contributed by atoms with Crippen molar-refractivity contribution in [3.8, 4) is 11.5 Å². The van der Waals surface area contributed by atoms with Crippen LogP contribution in [0, 0.1) is 17.0 Å². The number of carbonyl (C=O) groups excluding carboxylic acids is 2. The number of aromatic nitrogens is 1. The van der Waals surface area contributed by atoms with Gasteiger partial charge in [-0.2, -0.15) is 0 Å². The van der Waals surface area contributed by atoms with Gasteiger partial charge in [0.15, 0.2) is 12.4 Å². The predicted octanol–water partition coefficient (Wildman–Crippen LogP) is 3.18. The first-order chi connectivity index (χ1) is 15.9. The number of nitro groups is 1. The van der Waals surface area contributed by atoms with Gasteiger partial charge in [-0.25, -0.2) is 4.98 Å². The molecule has 0 bridgehead atoms. The van der Waals surface area contributed by atoms with Gasteiger partial charge in [-0.3, -0.25) is 30.6 Å². The molecule has 1 aromatic heterocycles. The molecular formula is C22H20N4O6S. The Morgan fingerprint density at radius 3 is 2.55 bits per heavy atom. The molecule has 0 aliphatic carbocycles. The van der Waals surface area contributed by atoms with Crippen molar-refractivity contribution in [2.75, 3.05) is 6.61 Å². The topological polar surface area (TPSA) is 133 Å². The zero-order valence-corrected chi connectivity index (χ0v) is 18.3. The standard InChI is InChI=1S/C22H20N4O6S/c1-15-23-17(14-33-15)12-31-19-8-4-2-6-16(19)10-11-21(27)24-25-22(28)13-32-20-9-5-3-7-18(20)26(29)30/h2-11,14H,12-13H2,1H3,(H,24,27)(H,25,28)/b11-10+. The Bertz CT molecular complexity index is 1180. The molecule has 3 aromatic rings. The number of amides is 2. The van der Waals surface area contributed by atoms with Crippen LogP contribution in [0.5, 0.6) is 11.5 Å². The molecule has 3 rings (SSSR count). The van der Waals surface area contributed by atoms with Crippen molar-refractivity contribution < 1.29 is 24.0 Å². The van der Waals surface area contributed by atoms with Gasteiger partial charge in [0, 0.05) is 23.1 Å². The number of hydrogen-bond acceptors (Lipinski definition) is 8. The van der Waals surface area contributed by atoms with Gasteiger partial charge in [-0.15, -0.1) is 11.3 Å². The highest BCUT2D eigenvalue weighted by molar-refractivity contribution is 7.09. The average molecular weight is 468 g/mol. The van der Waals surface area contributed by atoms with Gasteiger partial charge in [0.25, 0.3) is 11.8 Å². The van der Waals surface area contributed by atoms with E-state index in [1.54, 1.807) is 30.3 Å². The van der Waals surface area contributed by atoms with Gasteiger partial charge in [-0.1, -0.05) is 30.3 Å². The molecule has 0 spiro atoms. The van der Waals surface area contributed by atoms with Gasteiger partial charge in [0.05, 0.1) is 15.6 Å². The van der Waals surface area contributed by atoms with Crippen molar-refractivity contribution in [2.45, 2.75) is 13.5 Å². The average Bonchev–Trinajstić information content (AvgIpc) is 3.24. The molecule has 0 aliphatic heterocycles. The molecule has 0 aliphatic rings. The summed E-state index contributed by atoms with van der Waals surface area (Å²) >= 11 is 1.54. The minimum atomic E-state index is -0.683. The Balaban J connectivity index is 1.48. The van der Waals surface area contributed by atoms with E-state index in [9.17, 15) is 19.7 Å². The van der Waals surface area contributed by atoms with Crippen LogP contribution in [0.15, 0.2) is 60.0 Å². The number of nitrogens with one attached hydrogen (secondary N) is 2. The monoisotopic (exact) mass is 468 g/mol. The highest BCUT2D eigenvalue weighted by atomic mass is 32.1. The van der Waals surface area contributed by atoms with E-state index < -0.39 is 23.3 Å². The summed E-state index contributed by atoms with van der Waals surface area (Å²) in [5.41, 5.74) is 5.63. The molecular weight excluding hydrogens is 448 g/mol. The first kappa shape index (κ1) is 23.4. The number of rotatable bonds is 9. The van der Waals surface area contributed by atoms with Crippen molar-refractivity contribution in [1.82, 2.24) is 15.8 Å². The minimum Gasteiger partial charge on any atom is -0.487 e. The smallest absolute Gasteiger partial charge is 0.310 e. The molecule has 0 unspecified atom stereocenters. The van der Waals surface area contributed by atoms with Crippen LogP contribution in [0.4, 0.5) is 5.69 Å². The summed E-state index contributed by atoms with van der Waals surface area (Å²) < 4.78 is 11.0. The quantitative estimate of drug-likeness (QED) is 0.280. The van der Waals surface area contributed by atoms with Crippen LogP contribution in [-0.4, -0.2) is 28.3 Å². The maximum atomic E-state index is 12.0. The van der Waals surface area contributed by atoms with Gasteiger partial charge in [-0.05, 0) is 25.1 Å². The number of aryl methyl sites for hydroxylation is 1. The normalized spacial score (nSPS) is 10.6. The largest absolute Gasteiger partial charge is 0.487 e. The van der Waals surface area contributed by atoms with Crippen LogP contribution >= 0.6 is 11.3 Å². The molecule has 170 valence electrons. The van der Waals surface area contributed by atoms with Gasteiger partial charge >= 0.3 is 5.69 Å². The Labute approximate surface area is 193 Å². The molecule has 1 heterocycles. The van der Waals surface area contributed by atoms with Crippen LogP contribution in [0.3, 0.4) is 0 Å². The van der Waals surface area contributed by atoms with E-state index in [4.69, 9.17) is 9.47 Å². The number of para-hydroxylation sites is 3. The second-order valence-electron chi connectivity index (χ2n) is 6.57. The van der Waals surface area contributed by atoms with Crippen LogP contribution in [0.2, 0.25) is 0 Å². The fourth-order valence-corrected chi connectivity index (χ4v) is 3.22. The fourth-order valence-electron chi connectivity index (χ4n) is 2.62. The molecule has 0 saturated carbocycles. The van der Waals surface area contributed by atoms with Crippen molar-refractivity contribution in [2.24, 2.45) is 0 Å². The molecule has 2 aromatic carbocycles. The van der Waals surface area contributed by atoms with E-state index in [1.165, 1.54) is 35.6 Å². The molecule has 2 N–H and O–H groups in total. The van der Waals surface area contributed by atoms with E-state index in [0.29, 0.717) is 17.9 Å². The van der Waals surface area contributed by atoms with Crippen LogP contribution in [-0.2, 0) is 16.2 Å². The van der Waals surface area contributed by atoms with Gasteiger partial charge in [0.1, 0.15) is 12.4 Å². The molecule has 2 amide bonds. The molecule has 0 atom stereocenters. The number of thiazole rings is 1. The molecule has 0 saturated heterocycles. The lowest BCUT2D eigenvalue weighted by Gasteiger charge is -2.09. The van der Waals surface area contributed by atoms with Crippen molar-refractivity contribution >= 4 is 34.9 Å². The minimum absolute atomic E-state index is 0.0479. The summed E-state index contributed by atoms with van der Waals surface area (Å²) in [7, 11) is 0. The maximum Gasteiger partial charge on any atom is 0.310 e. The van der Waals surface area contributed by atoms with Gasteiger partial charge in [0.2, 0.25) is 0 Å². The van der Waals surface area contributed by atoms with E-state index in [1.807, 2.05) is 18.4 Å². The Hall–Kier alpha value is -4.25. The highest BCUT2D eigenvalue weighted by Gasteiger charge is 2.15. The van der Waals surface area contributed by atoms with E-state index in [0.717, 1.165) is 10.7 Å². The molecule has 0 fully saturated rings. The lowest BCUT2D eigenvalue weighted by atomic mass is 10.2.